The fraction of sp³-hybridized carbons (Fsp3) is 0.677. The second-order valence-electron chi connectivity index (χ2n) is 12.4. The number of benzene rings is 1. The van der Waals surface area contributed by atoms with Crippen molar-refractivity contribution < 1.29 is 23.9 Å². The molecule has 1 aromatic rings. The predicted molar refractivity (Wildman–Crippen MR) is 160 cm³/mol. The van der Waals surface area contributed by atoms with E-state index in [2.05, 4.69) is 20.9 Å². The lowest BCUT2D eigenvalue weighted by atomic mass is 9.83. The lowest BCUT2D eigenvalue weighted by molar-refractivity contribution is -0.138. The number of hydrogen-bond acceptors (Lipinski definition) is 6. The van der Waals surface area contributed by atoms with Crippen molar-refractivity contribution in [2.45, 2.75) is 96.7 Å². The number of rotatable bonds is 9. The van der Waals surface area contributed by atoms with Gasteiger partial charge in [0.05, 0.1) is 0 Å². The molecule has 1 saturated heterocycles. The van der Waals surface area contributed by atoms with E-state index in [9.17, 15) is 19.2 Å². The molecule has 3 rings (SSSR count). The number of hydrogen-bond donors (Lipinski definition) is 3. The van der Waals surface area contributed by atoms with Crippen LogP contribution < -0.4 is 16.0 Å². The third kappa shape index (κ3) is 9.73. The second kappa shape index (κ2) is 14.7. The maximum absolute atomic E-state index is 13.5. The first kappa shape index (κ1) is 32.4. The van der Waals surface area contributed by atoms with Crippen LogP contribution in [0.1, 0.15) is 84.6 Å². The zero-order valence-corrected chi connectivity index (χ0v) is 25.6. The number of anilines is 1. The summed E-state index contributed by atoms with van der Waals surface area (Å²) in [5, 5.41) is 8.72. The summed E-state index contributed by atoms with van der Waals surface area (Å²) >= 11 is 0. The Balaban J connectivity index is 1.72. The van der Waals surface area contributed by atoms with Crippen LogP contribution in [0.25, 0.3) is 0 Å². The number of piperazine rings is 1. The van der Waals surface area contributed by atoms with E-state index in [0.29, 0.717) is 25.2 Å². The Morgan fingerprint density at radius 3 is 2.12 bits per heavy atom. The standard InChI is InChI=1S/C31H49N5O5/c1-7-25(37)33-26(29(39)36-19-17-35(6)18-20-36)21(2)22-13-15-24(16-14-22)32-28(38)27(23-11-9-8-10-12-23)34-30(40)41-31(3,4)5/h13-16,21,23,26-27H,7-12,17-20H2,1-6H3,(H,32,38)(H,33,37)(H,34,40). The predicted octanol–water partition coefficient (Wildman–Crippen LogP) is 3.87. The van der Waals surface area contributed by atoms with Gasteiger partial charge in [-0.1, -0.05) is 45.2 Å². The Morgan fingerprint density at radius 1 is 0.951 bits per heavy atom. The van der Waals surface area contributed by atoms with Gasteiger partial charge in [0, 0.05) is 44.2 Å². The number of alkyl carbamates (subject to hydrolysis) is 1. The maximum Gasteiger partial charge on any atom is 0.408 e. The summed E-state index contributed by atoms with van der Waals surface area (Å²) in [6, 6.07) is 5.97. The van der Waals surface area contributed by atoms with Crippen LogP contribution in [0.3, 0.4) is 0 Å². The zero-order chi connectivity index (χ0) is 30.2. The third-order valence-electron chi connectivity index (χ3n) is 8.00. The molecule has 1 aliphatic heterocycles. The van der Waals surface area contributed by atoms with Gasteiger partial charge in [-0.15, -0.1) is 0 Å². The molecule has 228 valence electrons. The molecule has 3 unspecified atom stereocenters. The van der Waals surface area contributed by atoms with Crippen molar-refractivity contribution in [3.05, 3.63) is 29.8 Å². The molecule has 10 heteroatoms. The van der Waals surface area contributed by atoms with Gasteiger partial charge in [0.25, 0.3) is 0 Å². The number of likely N-dealkylation sites (N-methyl/N-ethyl adjacent to an activating group) is 1. The molecular formula is C31H49N5O5. The fourth-order valence-corrected chi connectivity index (χ4v) is 5.48. The first-order chi connectivity index (χ1) is 19.4. The number of ether oxygens (including phenoxy) is 1. The van der Waals surface area contributed by atoms with Crippen LogP contribution in [0.5, 0.6) is 0 Å². The lowest BCUT2D eigenvalue weighted by Gasteiger charge is -2.36. The van der Waals surface area contributed by atoms with E-state index in [1.165, 1.54) is 0 Å². The molecule has 3 atom stereocenters. The number of carbonyl (C=O) groups is 4. The number of nitrogens with zero attached hydrogens (tertiary/aromatic N) is 2. The quantitative estimate of drug-likeness (QED) is 0.414. The van der Waals surface area contributed by atoms with Gasteiger partial charge in [-0.3, -0.25) is 14.4 Å². The Hall–Kier alpha value is -3.14. The Labute approximate surface area is 244 Å². The minimum atomic E-state index is -0.696. The molecule has 1 aliphatic carbocycles. The number of carbonyl (C=O) groups excluding carboxylic acids is 4. The summed E-state index contributed by atoms with van der Waals surface area (Å²) in [7, 11) is 2.03. The molecule has 41 heavy (non-hydrogen) atoms. The minimum absolute atomic E-state index is 0.0408. The van der Waals surface area contributed by atoms with Gasteiger partial charge in [0.2, 0.25) is 17.7 Å². The van der Waals surface area contributed by atoms with Gasteiger partial charge in [-0.2, -0.15) is 0 Å². The molecule has 2 fully saturated rings. The lowest BCUT2D eigenvalue weighted by Crippen LogP contribution is -2.55. The maximum atomic E-state index is 13.5. The van der Waals surface area contributed by atoms with Crippen LogP contribution in [0.4, 0.5) is 10.5 Å². The van der Waals surface area contributed by atoms with E-state index in [4.69, 9.17) is 4.74 Å². The van der Waals surface area contributed by atoms with Crippen molar-refractivity contribution in [3.8, 4) is 0 Å². The first-order valence-electron chi connectivity index (χ1n) is 15.0. The van der Waals surface area contributed by atoms with Crippen LogP contribution in [0.15, 0.2) is 24.3 Å². The largest absolute Gasteiger partial charge is 0.444 e. The van der Waals surface area contributed by atoms with Crippen molar-refractivity contribution in [3.63, 3.8) is 0 Å². The van der Waals surface area contributed by atoms with Crippen LogP contribution in [0.2, 0.25) is 0 Å². The van der Waals surface area contributed by atoms with Crippen molar-refractivity contribution in [2.24, 2.45) is 5.92 Å². The van der Waals surface area contributed by atoms with Gasteiger partial charge in [-0.05, 0) is 64.3 Å². The molecule has 0 radical (unpaired) electrons. The van der Waals surface area contributed by atoms with Crippen molar-refractivity contribution in [1.82, 2.24) is 20.4 Å². The topological polar surface area (TPSA) is 120 Å². The normalized spacial score (nSPS) is 19.0. The van der Waals surface area contributed by atoms with Crippen molar-refractivity contribution >= 4 is 29.5 Å². The Kier molecular flexibility index (Phi) is 11.6. The highest BCUT2D eigenvalue weighted by Crippen LogP contribution is 2.28. The highest BCUT2D eigenvalue weighted by molar-refractivity contribution is 5.97. The smallest absolute Gasteiger partial charge is 0.408 e. The minimum Gasteiger partial charge on any atom is -0.444 e. The monoisotopic (exact) mass is 571 g/mol. The van der Waals surface area contributed by atoms with Gasteiger partial charge in [-0.25, -0.2) is 4.79 Å². The summed E-state index contributed by atoms with van der Waals surface area (Å²) < 4.78 is 5.43. The third-order valence-corrected chi connectivity index (χ3v) is 8.00. The summed E-state index contributed by atoms with van der Waals surface area (Å²) in [5.74, 6) is -0.750. The summed E-state index contributed by atoms with van der Waals surface area (Å²) in [5.41, 5.74) is 0.810. The summed E-state index contributed by atoms with van der Waals surface area (Å²) in [6.07, 6.45) is 4.63. The molecule has 0 aromatic heterocycles. The molecule has 10 nitrogen and oxygen atoms in total. The summed E-state index contributed by atoms with van der Waals surface area (Å²) in [6.45, 7) is 11.9. The SMILES string of the molecule is CCC(=O)NC(C(=O)N1CCN(C)CC1)C(C)c1ccc(NC(=O)C(NC(=O)OC(C)(C)C)C2CCCCC2)cc1. The molecular weight excluding hydrogens is 522 g/mol. The van der Waals surface area contributed by atoms with E-state index in [-0.39, 0.29) is 29.6 Å². The second-order valence-corrected chi connectivity index (χ2v) is 12.4. The van der Waals surface area contributed by atoms with Crippen molar-refractivity contribution in [2.75, 3.05) is 38.5 Å². The highest BCUT2D eigenvalue weighted by Gasteiger charge is 2.34. The van der Waals surface area contributed by atoms with E-state index >= 15 is 0 Å². The molecule has 0 spiro atoms. The zero-order valence-electron chi connectivity index (χ0n) is 25.6. The van der Waals surface area contributed by atoms with E-state index in [1.807, 2.05) is 31.0 Å². The van der Waals surface area contributed by atoms with Gasteiger partial charge in [0.1, 0.15) is 17.7 Å². The Bertz CT molecular complexity index is 1040. The van der Waals surface area contributed by atoms with Gasteiger partial charge < -0.3 is 30.5 Å². The van der Waals surface area contributed by atoms with Gasteiger partial charge >= 0.3 is 6.09 Å². The van der Waals surface area contributed by atoms with Crippen LogP contribution in [-0.4, -0.2) is 84.5 Å². The Morgan fingerprint density at radius 2 is 1.56 bits per heavy atom. The van der Waals surface area contributed by atoms with Crippen LogP contribution in [0, 0.1) is 5.92 Å². The van der Waals surface area contributed by atoms with Gasteiger partial charge in [0.15, 0.2) is 0 Å². The summed E-state index contributed by atoms with van der Waals surface area (Å²) in [4.78, 5) is 55.8. The van der Waals surface area contributed by atoms with Crippen molar-refractivity contribution in [1.29, 1.82) is 0 Å². The van der Waals surface area contributed by atoms with Crippen LogP contribution in [-0.2, 0) is 19.1 Å². The molecule has 3 N–H and O–H groups in total. The van der Waals surface area contributed by atoms with E-state index < -0.39 is 23.8 Å². The number of nitrogens with one attached hydrogen (secondary N) is 3. The molecule has 1 heterocycles. The van der Waals surface area contributed by atoms with E-state index in [0.717, 1.165) is 50.8 Å². The molecule has 1 aromatic carbocycles. The molecule has 0 bridgehead atoms. The molecule has 4 amide bonds. The van der Waals surface area contributed by atoms with Crippen LogP contribution >= 0.6 is 0 Å². The highest BCUT2D eigenvalue weighted by atomic mass is 16.6. The average Bonchev–Trinajstić information content (AvgIpc) is 2.94. The molecule has 1 saturated carbocycles. The number of amides is 4. The fourth-order valence-electron chi connectivity index (χ4n) is 5.48. The van der Waals surface area contributed by atoms with E-state index in [1.54, 1.807) is 39.8 Å². The first-order valence-corrected chi connectivity index (χ1v) is 15.0. The average molecular weight is 572 g/mol. The molecule has 2 aliphatic rings.